The van der Waals surface area contributed by atoms with Gasteiger partial charge in [0.05, 0.1) is 12.0 Å². The first-order valence-electron chi connectivity index (χ1n) is 6.04. The summed E-state index contributed by atoms with van der Waals surface area (Å²) in [6, 6.07) is -0.0900. The van der Waals surface area contributed by atoms with E-state index in [1.54, 1.807) is 7.11 Å². The molecule has 2 N–H and O–H groups in total. The number of carbonyl (C=O) groups excluding carboxylic acids is 1. The number of nitrogens with two attached hydrogens (primary N) is 1. The first kappa shape index (κ1) is 16.7. The highest BCUT2D eigenvalue weighted by molar-refractivity contribution is 5.85. The van der Waals surface area contributed by atoms with E-state index in [2.05, 4.69) is 6.92 Å². The molecule has 4 atom stereocenters. The maximum Gasteiger partial charge on any atom is 0.227 e. The van der Waals surface area contributed by atoms with Crippen molar-refractivity contribution in [2.24, 2.45) is 17.6 Å². The van der Waals surface area contributed by atoms with Gasteiger partial charge in [0.25, 0.3) is 0 Å². The maximum atomic E-state index is 12.1. The standard InChI is InChI=1S/C12H24N2O2.ClH/c1-8-5-6-14(7-11(8)16-4)12(15)9(2)10(3)13;/h8-11H,5-7,13H2,1-4H3;1H. The number of likely N-dealkylation sites (tertiary alicyclic amines) is 1. The second kappa shape index (κ2) is 7.19. The number of amides is 1. The van der Waals surface area contributed by atoms with Crippen molar-refractivity contribution in [1.29, 1.82) is 0 Å². The molecule has 0 bridgehead atoms. The number of ether oxygens (including phenoxy) is 1. The summed E-state index contributed by atoms with van der Waals surface area (Å²) in [7, 11) is 1.71. The van der Waals surface area contributed by atoms with Crippen LogP contribution in [-0.4, -0.2) is 43.2 Å². The highest BCUT2D eigenvalue weighted by atomic mass is 35.5. The lowest BCUT2D eigenvalue weighted by molar-refractivity contribution is -0.140. The van der Waals surface area contributed by atoms with Crippen molar-refractivity contribution in [3.63, 3.8) is 0 Å². The Morgan fingerprint density at radius 3 is 2.53 bits per heavy atom. The molecule has 4 unspecified atom stereocenters. The minimum atomic E-state index is -0.106. The average molecular weight is 265 g/mol. The number of carbonyl (C=O) groups is 1. The lowest BCUT2D eigenvalue weighted by Crippen LogP contribution is -2.50. The molecule has 0 spiro atoms. The van der Waals surface area contributed by atoms with Crippen LogP contribution >= 0.6 is 12.4 Å². The Morgan fingerprint density at radius 2 is 2.06 bits per heavy atom. The zero-order chi connectivity index (χ0) is 12.3. The van der Waals surface area contributed by atoms with Gasteiger partial charge < -0.3 is 15.4 Å². The Kier molecular flexibility index (Phi) is 7.05. The van der Waals surface area contributed by atoms with E-state index in [1.165, 1.54) is 0 Å². The SMILES string of the molecule is COC1CN(C(=O)C(C)C(C)N)CCC1C.Cl. The fourth-order valence-corrected chi connectivity index (χ4v) is 2.05. The molecular formula is C12H25ClN2O2. The fourth-order valence-electron chi connectivity index (χ4n) is 2.05. The third kappa shape index (κ3) is 4.12. The van der Waals surface area contributed by atoms with Crippen LogP contribution in [0.15, 0.2) is 0 Å². The number of hydrogen-bond donors (Lipinski definition) is 1. The van der Waals surface area contributed by atoms with E-state index in [1.807, 2.05) is 18.7 Å². The van der Waals surface area contributed by atoms with Gasteiger partial charge in [-0.25, -0.2) is 0 Å². The molecule has 1 rings (SSSR count). The number of halogens is 1. The van der Waals surface area contributed by atoms with Gasteiger partial charge in [0.2, 0.25) is 5.91 Å². The fraction of sp³-hybridized carbons (Fsp3) is 0.917. The van der Waals surface area contributed by atoms with E-state index in [0.717, 1.165) is 13.0 Å². The molecule has 102 valence electrons. The summed E-state index contributed by atoms with van der Waals surface area (Å²) in [5.74, 6) is 0.578. The summed E-state index contributed by atoms with van der Waals surface area (Å²) in [6.45, 7) is 7.48. The number of hydrogen-bond acceptors (Lipinski definition) is 3. The predicted molar refractivity (Wildman–Crippen MR) is 71.2 cm³/mol. The zero-order valence-electron chi connectivity index (χ0n) is 11.2. The van der Waals surface area contributed by atoms with Crippen molar-refractivity contribution in [3.05, 3.63) is 0 Å². The van der Waals surface area contributed by atoms with Crippen molar-refractivity contribution in [3.8, 4) is 0 Å². The molecule has 0 saturated carbocycles. The molecule has 17 heavy (non-hydrogen) atoms. The van der Waals surface area contributed by atoms with Crippen molar-refractivity contribution in [1.82, 2.24) is 4.90 Å². The van der Waals surface area contributed by atoms with Crippen LogP contribution in [0, 0.1) is 11.8 Å². The molecule has 0 aromatic carbocycles. The number of piperidine rings is 1. The van der Waals surface area contributed by atoms with E-state index in [9.17, 15) is 4.79 Å². The molecule has 1 saturated heterocycles. The molecule has 0 radical (unpaired) electrons. The summed E-state index contributed by atoms with van der Waals surface area (Å²) in [5, 5.41) is 0. The van der Waals surface area contributed by atoms with E-state index in [4.69, 9.17) is 10.5 Å². The third-order valence-electron chi connectivity index (χ3n) is 3.68. The normalized spacial score (nSPS) is 28.2. The lowest BCUT2D eigenvalue weighted by Gasteiger charge is -2.37. The van der Waals surface area contributed by atoms with E-state index >= 15 is 0 Å². The van der Waals surface area contributed by atoms with Crippen LogP contribution < -0.4 is 5.73 Å². The Morgan fingerprint density at radius 1 is 1.47 bits per heavy atom. The van der Waals surface area contributed by atoms with Crippen molar-refractivity contribution >= 4 is 18.3 Å². The van der Waals surface area contributed by atoms with Crippen LogP contribution in [0.5, 0.6) is 0 Å². The molecule has 0 aromatic rings. The Balaban J connectivity index is 0.00000256. The summed E-state index contributed by atoms with van der Waals surface area (Å²) in [4.78, 5) is 14.0. The molecule has 4 nitrogen and oxygen atoms in total. The molecule has 1 aliphatic rings. The largest absolute Gasteiger partial charge is 0.379 e. The molecular weight excluding hydrogens is 240 g/mol. The van der Waals surface area contributed by atoms with Crippen LogP contribution in [0.3, 0.4) is 0 Å². The Hall–Kier alpha value is -0.320. The lowest BCUT2D eigenvalue weighted by atomic mass is 9.94. The summed E-state index contributed by atoms with van der Waals surface area (Å²) >= 11 is 0. The van der Waals surface area contributed by atoms with Crippen LogP contribution in [0.2, 0.25) is 0 Å². The van der Waals surface area contributed by atoms with Gasteiger partial charge in [0.1, 0.15) is 0 Å². The van der Waals surface area contributed by atoms with Gasteiger partial charge in [0.15, 0.2) is 0 Å². The summed E-state index contributed by atoms with van der Waals surface area (Å²) in [6.07, 6.45) is 1.17. The highest BCUT2D eigenvalue weighted by Gasteiger charge is 2.31. The van der Waals surface area contributed by atoms with Crippen LogP contribution in [-0.2, 0) is 9.53 Å². The van der Waals surface area contributed by atoms with Gasteiger partial charge in [-0.2, -0.15) is 0 Å². The molecule has 1 heterocycles. The molecule has 5 heteroatoms. The van der Waals surface area contributed by atoms with E-state index in [-0.39, 0.29) is 36.4 Å². The predicted octanol–water partition coefficient (Wildman–Crippen LogP) is 1.27. The number of nitrogens with zero attached hydrogens (tertiary/aromatic N) is 1. The van der Waals surface area contributed by atoms with E-state index in [0.29, 0.717) is 12.5 Å². The minimum absolute atomic E-state index is 0. The summed E-state index contributed by atoms with van der Waals surface area (Å²) < 4.78 is 5.40. The second-order valence-electron chi connectivity index (χ2n) is 4.97. The monoisotopic (exact) mass is 264 g/mol. The average Bonchev–Trinajstić information content (AvgIpc) is 2.27. The number of methoxy groups -OCH3 is 1. The van der Waals surface area contributed by atoms with Crippen molar-refractivity contribution in [2.75, 3.05) is 20.2 Å². The van der Waals surface area contributed by atoms with Gasteiger partial charge in [-0.3, -0.25) is 4.79 Å². The van der Waals surface area contributed by atoms with Gasteiger partial charge in [-0.05, 0) is 19.3 Å². The van der Waals surface area contributed by atoms with Crippen LogP contribution in [0.1, 0.15) is 27.2 Å². The van der Waals surface area contributed by atoms with Crippen molar-refractivity contribution in [2.45, 2.75) is 39.3 Å². The number of rotatable bonds is 3. The molecule has 1 amide bonds. The van der Waals surface area contributed by atoms with Gasteiger partial charge in [-0.1, -0.05) is 13.8 Å². The van der Waals surface area contributed by atoms with Gasteiger partial charge in [0, 0.05) is 26.2 Å². The maximum absolute atomic E-state index is 12.1. The Bertz CT molecular complexity index is 249. The first-order valence-corrected chi connectivity index (χ1v) is 6.04. The van der Waals surface area contributed by atoms with Gasteiger partial charge in [-0.15, -0.1) is 12.4 Å². The zero-order valence-corrected chi connectivity index (χ0v) is 12.0. The van der Waals surface area contributed by atoms with Crippen LogP contribution in [0.4, 0.5) is 0 Å². The third-order valence-corrected chi connectivity index (χ3v) is 3.68. The summed E-state index contributed by atoms with van der Waals surface area (Å²) in [5.41, 5.74) is 5.76. The molecule has 1 fully saturated rings. The highest BCUT2D eigenvalue weighted by Crippen LogP contribution is 2.21. The minimum Gasteiger partial charge on any atom is -0.379 e. The smallest absolute Gasteiger partial charge is 0.227 e. The van der Waals surface area contributed by atoms with Crippen LogP contribution in [0.25, 0.3) is 0 Å². The van der Waals surface area contributed by atoms with Gasteiger partial charge >= 0.3 is 0 Å². The molecule has 0 aliphatic carbocycles. The quantitative estimate of drug-likeness (QED) is 0.835. The van der Waals surface area contributed by atoms with Crippen molar-refractivity contribution < 1.29 is 9.53 Å². The topological polar surface area (TPSA) is 55.6 Å². The first-order chi connectivity index (χ1) is 7.47. The molecule has 1 aliphatic heterocycles. The van der Waals surface area contributed by atoms with E-state index < -0.39 is 0 Å². The Labute approximate surface area is 110 Å². The second-order valence-corrected chi connectivity index (χ2v) is 4.97. The molecule has 0 aromatic heterocycles.